The van der Waals surface area contributed by atoms with Crippen molar-refractivity contribution in [2.24, 2.45) is 5.73 Å². The SMILES string of the molecule is N[C@@H](C(=O)N1CCn2ccnc2C1)c1ccccc1. The summed E-state index contributed by atoms with van der Waals surface area (Å²) in [6.07, 6.45) is 3.70. The van der Waals surface area contributed by atoms with E-state index in [1.165, 1.54) is 0 Å². The van der Waals surface area contributed by atoms with Crippen LogP contribution in [0.4, 0.5) is 0 Å². The maximum atomic E-state index is 12.4. The fourth-order valence-electron chi connectivity index (χ4n) is 2.36. The van der Waals surface area contributed by atoms with Crippen molar-refractivity contribution >= 4 is 5.91 Å². The van der Waals surface area contributed by atoms with Crippen LogP contribution in [0.2, 0.25) is 0 Å². The lowest BCUT2D eigenvalue weighted by Crippen LogP contribution is -2.43. The molecule has 0 spiro atoms. The first-order valence-electron chi connectivity index (χ1n) is 6.35. The zero-order valence-electron chi connectivity index (χ0n) is 10.6. The molecule has 5 heteroatoms. The van der Waals surface area contributed by atoms with E-state index >= 15 is 0 Å². The summed E-state index contributed by atoms with van der Waals surface area (Å²) in [4.78, 5) is 18.4. The third kappa shape index (κ3) is 2.24. The van der Waals surface area contributed by atoms with Crippen LogP contribution in [0.3, 0.4) is 0 Å². The van der Waals surface area contributed by atoms with Gasteiger partial charge in [-0.1, -0.05) is 30.3 Å². The van der Waals surface area contributed by atoms with Crippen molar-refractivity contribution in [2.45, 2.75) is 19.1 Å². The van der Waals surface area contributed by atoms with Gasteiger partial charge in [0.05, 0.1) is 6.54 Å². The number of aromatic nitrogens is 2. The summed E-state index contributed by atoms with van der Waals surface area (Å²) in [5.74, 6) is 0.875. The predicted octanol–water partition coefficient (Wildman–Crippen LogP) is 0.925. The molecule has 0 unspecified atom stereocenters. The smallest absolute Gasteiger partial charge is 0.244 e. The van der Waals surface area contributed by atoms with Gasteiger partial charge >= 0.3 is 0 Å². The number of amides is 1. The van der Waals surface area contributed by atoms with Crippen molar-refractivity contribution < 1.29 is 4.79 Å². The number of rotatable bonds is 2. The highest BCUT2D eigenvalue weighted by molar-refractivity contribution is 5.83. The molecule has 2 aromatic rings. The molecule has 5 nitrogen and oxygen atoms in total. The molecule has 1 aromatic heterocycles. The van der Waals surface area contributed by atoms with Gasteiger partial charge in [0, 0.05) is 25.5 Å². The number of fused-ring (bicyclic) bond motifs is 1. The number of benzene rings is 1. The van der Waals surface area contributed by atoms with Gasteiger partial charge in [0.2, 0.25) is 5.91 Å². The van der Waals surface area contributed by atoms with Gasteiger partial charge in [-0.2, -0.15) is 0 Å². The maximum absolute atomic E-state index is 12.4. The predicted molar refractivity (Wildman–Crippen MR) is 71.0 cm³/mol. The van der Waals surface area contributed by atoms with Gasteiger partial charge in [0.1, 0.15) is 11.9 Å². The zero-order valence-corrected chi connectivity index (χ0v) is 10.6. The number of carbonyl (C=O) groups is 1. The first kappa shape index (κ1) is 11.9. The average Bonchev–Trinajstić information content (AvgIpc) is 2.94. The molecule has 0 radical (unpaired) electrons. The highest BCUT2D eigenvalue weighted by Gasteiger charge is 2.26. The van der Waals surface area contributed by atoms with Gasteiger partial charge in [-0.05, 0) is 5.56 Å². The highest BCUT2D eigenvalue weighted by atomic mass is 16.2. The lowest BCUT2D eigenvalue weighted by molar-refractivity contribution is -0.134. The Morgan fingerprint density at radius 3 is 2.84 bits per heavy atom. The molecule has 1 amide bonds. The van der Waals surface area contributed by atoms with Crippen LogP contribution in [0.5, 0.6) is 0 Å². The van der Waals surface area contributed by atoms with Crippen LogP contribution in [0.25, 0.3) is 0 Å². The third-order valence-corrected chi connectivity index (χ3v) is 3.48. The lowest BCUT2D eigenvalue weighted by Gasteiger charge is -2.29. The van der Waals surface area contributed by atoms with E-state index in [1.807, 2.05) is 36.5 Å². The molecule has 19 heavy (non-hydrogen) atoms. The molecular weight excluding hydrogens is 240 g/mol. The van der Waals surface area contributed by atoms with Crippen molar-refractivity contribution in [3.05, 3.63) is 54.1 Å². The molecule has 2 heterocycles. The van der Waals surface area contributed by atoms with Crippen LogP contribution < -0.4 is 5.73 Å². The minimum Gasteiger partial charge on any atom is -0.332 e. The number of nitrogens with two attached hydrogens (primary N) is 1. The summed E-state index contributed by atoms with van der Waals surface area (Å²) in [5, 5.41) is 0. The zero-order chi connectivity index (χ0) is 13.2. The Morgan fingerprint density at radius 1 is 1.26 bits per heavy atom. The summed E-state index contributed by atoms with van der Waals surface area (Å²) in [6, 6.07) is 8.87. The lowest BCUT2D eigenvalue weighted by atomic mass is 10.1. The van der Waals surface area contributed by atoms with E-state index in [0.29, 0.717) is 13.1 Å². The molecule has 0 saturated heterocycles. The van der Waals surface area contributed by atoms with Gasteiger partial charge < -0.3 is 15.2 Å². The Labute approximate surface area is 111 Å². The van der Waals surface area contributed by atoms with Crippen LogP contribution >= 0.6 is 0 Å². The molecule has 98 valence electrons. The van der Waals surface area contributed by atoms with E-state index in [1.54, 1.807) is 11.1 Å². The molecule has 3 rings (SSSR count). The summed E-state index contributed by atoms with van der Waals surface area (Å²) in [5.41, 5.74) is 6.89. The Hall–Kier alpha value is -2.14. The quantitative estimate of drug-likeness (QED) is 0.869. The van der Waals surface area contributed by atoms with E-state index in [9.17, 15) is 4.79 Å². The Kier molecular flexibility index (Phi) is 3.05. The van der Waals surface area contributed by atoms with E-state index in [-0.39, 0.29) is 5.91 Å². The normalized spacial score (nSPS) is 15.9. The number of nitrogens with zero attached hydrogens (tertiary/aromatic N) is 3. The van der Waals surface area contributed by atoms with Gasteiger partial charge in [-0.25, -0.2) is 4.98 Å². The molecule has 1 atom stereocenters. The van der Waals surface area contributed by atoms with Gasteiger partial charge in [0.15, 0.2) is 0 Å². The summed E-state index contributed by atoms with van der Waals surface area (Å²) in [7, 11) is 0. The van der Waals surface area contributed by atoms with Gasteiger partial charge in [-0.3, -0.25) is 4.79 Å². The fourth-order valence-corrected chi connectivity index (χ4v) is 2.36. The van der Waals surface area contributed by atoms with Crippen molar-refractivity contribution in [3.8, 4) is 0 Å². The first-order valence-corrected chi connectivity index (χ1v) is 6.35. The average molecular weight is 256 g/mol. The largest absolute Gasteiger partial charge is 0.332 e. The van der Waals surface area contributed by atoms with E-state index < -0.39 is 6.04 Å². The standard InChI is InChI=1S/C14H16N4O/c15-13(11-4-2-1-3-5-11)14(19)18-9-8-17-7-6-16-12(17)10-18/h1-7,13H,8-10,15H2/t13-/m1/s1. The van der Waals surface area contributed by atoms with Crippen molar-refractivity contribution in [1.29, 1.82) is 0 Å². The highest BCUT2D eigenvalue weighted by Crippen LogP contribution is 2.17. The third-order valence-electron chi connectivity index (χ3n) is 3.48. The van der Waals surface area contributed by atoms with Crippen LogP contribution in [0.1, 0.15) is 17.4 Å². The monoisotopic (exact) mass is 256 g/mol. The maximum Gasteiger partial charge on any atom is 0.244 e. The van der Waals surface area contributed by atoms with Crippen LogP contribution in [0.15, 0.2) is 42.7 Å². The number of carbonyl (C=O) groups excluding carboxylic acids is 1. The number of hydrogen-bond acceptors (Lipinski definition) is 3. The fraction of sp³-hybridized carbons (Fsp3) is 0.286. The van der Waals surface area contributed by atoms with Crippen LogP contribution in [-0.2, 0) is 17.9 Å². The van der Waals surface area contributed by atoms with E-state index in [0.717, 1.165) is 17.9 Å². The van der Waals surface area contributed by atoms with Crippen LogP contribution in [-0.4, -0.2) is 26.9 Å². The first-order chi connectivity index (χ1) is 9.25. The van der Waals surface area contributed by atoms with Crippen molar-refractivity contribution in [1.82, 2.24) is 14.5 Å². The molecule has 1 aliphatic heterocycles. The molecule has 0 fully saturated rings. The molecule has 1 aliphatic rings. The Balaban J connectivity index is 1.75. The molecule has 0 aliphatic carbocycles. The van der Waals surface area contributed by atoms with E-state index in [4.69, 9.17) is 5.73 Å². The molecule has 0 bridgehead atoms. The van der Waals surface area contributed by atoms with Gasteiger partial charge in [0.25, 0.3) is 0 Å². The Bertz CT molecular complexity index is 578. The summed E-state index contributed by atoms with van der Waals surface area (Å²) >= 11 is 0. The van der Waals surface area contributed by atoms with Crippen molar-refractivity contribution in [2.75, 3.05) is 6.54 Å². The summed E-state index contributed by atoms with van der Waals surface area (Å²) < 4.78 is 2.07. The molecular formula is C14H16N4O. The van der Waals surface area contributed by atoms with Crippen molar-refractivity contribution in [3.63, 3.8) is 0 Å². The van der Waals surface area contributed by atoms with E-state index in [2.05, 4.69) is 9.55 Å². The summed E-state index contributed by atoms with van der Waals surface area (Å²) in [6.45, 7) is 2.00. The number of imidazole rings is 1. The second kappa shape index (κ2) is 4.85. The minimum absolute atomic E-state index is 0.0412. The topological polar surface area (TPSA) is 64.2 Å². The Morgan fingerprint density at radius 2 is 2.05 bits per heavy atom. The second-order valence-corrected chi connectivity index (χ2v) is 4.69. The minimum atomic E-state index is -0.595. The van der Waals surface area contributed by atoms with Crippen LogP contribution in [0, 0.1) is 0 Å². The second-order valence-electron chi connectivity index (χ2n) is 4.69. The number of hydrogen-bond donors (Lipinski definition) is 1. The molecule has 2 N–H and O–H groups in total. The molecule has 0 saturated carbocycles. The molecule has 1 aromatic carbocycles. The van der Waals surface area contributed by atoms with Gasteiger partial charge in [-0.15, -0.1) is 0 Å².